The number of benzene rings is 1. The third kappa shape index (κ3) is 5.37. The lowest BCUT2D eigenvalue weighted by atomic mass is 10.1. The van der Waals surface area contributed by atoms with Gasteiger partial charge in [-0.3, -0.25) is 9.59 Å². The number of aromatic nitrogens is 2. The van der Waals surface area contributed by atoms with Crippen LogP contribution in [0.5, 0.6) is 11.8 Å². The molecule has 0 unspecified atom stereocenters. The van der Waals surface area contributed by atoms with Gasteiger partial charge in [-0.25, -0.2) is 9.97 Å². The zero-order chi connectivity index (χ0) is 19.9. The fourth-order valence-corrected chi connectivity index (χ4v) is 3.16. The molecule has 2 amide bonds. The van der Waals surface area contributed by atoms with E-state index in [2.05, 4.69) is 20.6 Å². The maximum absolute atomic E-state index is 12.1. The van der Waals surface area contributed by atoms with Gasteiger partial charge in [0.05, 0.1) is 0 Å². The van der Waals surface area contributed by atoms with E-state index in [-0.39, 0.29) is 11.9 Å². The monoisotopic (exact) mass is 396 g/mol. The minimum Gasteiger partial charge on any atom is -0.424 e. The molecular formula is C20H20N4O3S. The van der Waals surface area contributed by atoms with Crippen LogP contribution in [0.25, 0.3) is 0 Å². The predicted octanol–water partition coefficient (Wildman–Crippen LogP) is 3.50. The second-order valence-corrected chi connectivity index (χ2v) is 7.17. The molecule has 0 saturated carbocycles. The lowest BCUT2D eigenvalue weighted by Crippen LogP contribution is -2.37. The van der Waals surface area contributed by atoms with Gasteiger partial charge in [0.2, 0.25) is 0 Å². The Morgan fingerprint density at radius 2 is 1.93 bits per heavy atom. The summed E-state index contributed by atoms with van der Waals surface area (Å²) in [5, 5.41) is 7.20. The molecule has 0 aliphatic rings. The summed E-state index contributed by atoms with van der Waals surface area (Å²) in [6, 6.07) is 12.6. The average molecular weight is 396 g/mol. The molecule has 0 fully saturated rings. The number of nitrogens with zero attached hydrogens (tertiary/aromatic N) is 2. The van der Waals surface area contributed by atoms with Crippen LogP contribution < -0.4 is 15.4 Å². The summed E-state index contributed by atoms with van der Waals surface area (Å²) in [7, 11) is 0. The molecule has 2 aromatic heterocycles. The third-order valence-electron chi connectivity index (χ3n) is 3.90. The minimum absolute atomic E-state index is 0.150. The highest BCUT2D eigenvalue weighted by molar-refractivity contribution is 7.10. The van der Waals surface area contributed by atoms with Crippen molar-refractivity contribution in [1.29, 1.82) is 0 Å². The van der Waals surface area contributed by atoms with Crippen LogP contribution in [0.2, 0.25) is 0 Å². The molecule has 1 aromatic carbocycles. The summed E-state index contributed by atoms with van der Waals surface area (Å²) in [4.78, 5) is 33.4. The van der Waals surface area contributed by atoms with Crippen molar-refractivity contribution in [2.45, 2.75) is 19.8 Å². The van der Waals surface area contributed by atoms with Crippen LogP contribution in [0.4, 0.5) is 5.69 Å². The Labute approximate surface area is 166 Å². The van der Waals surface area contributed by atoms with Gasteiger partial charge < -0.3 is 15.4 Å². The smallest absolute Gasteiger partial charge is 0.322 e. The number of hydrogen-bond acceptors (Lipinski definition) is 6. The maximum Gasteiger partial charge on any atom is 0.322 e. The fourth-order valence-electron chi connectivity index (χ4n) is 2.37. The molecule has 28 heavy (non-hydrogen) atoms. The number of aryl methyl sites for hydroxylation is 1. The molecule has 7 nitrogen and oxygen atoms in total. The number of thiophene rings is 1. The van der Waals surface area contributed by atoms with Crippen LogP contribution in [-0.4, -0.2) is 28.3 Å². The first-order chi connectivity index (χ1) is 13.5. The molecule has 8 heteroatoms. The molecule has 0 saturated heterocycles. The van der Waals surface area contributed by atoms with Crippen LogP contribution in [0.15, 0.2) is 54.0 Å². The molecule has 2 N–H and O–H groups in total. The van der Waals surface area contributed by atoms with E-state index in [1.54, 1.807) is 47.9 Å². The molecule has 1 atom stereocenters. The normalized spacial score (nSPS) is 11.5. The predicted molar refractivity (Wildman–Crippen MR) is 108 cm³/mol. The molecule has 0 radical (unpaired) electrons. The van der Waals surface area contributed by atoms with E-state index < -0.39 is 11.8 Å². The van der Waals surface area contributed by atoms with E-state index in [9.17, 15) is 9.59 Å². The van der Waals surface area contributed by atoms with Gasteiger partial charge in [-0.05, 0) is 48.7 Å². The zero-order valence-electron chi connectivity index (χ0n) is 15.5. The first kappa shape index (κ1) is 19.5. The molecule has 3 rings (SSSR count). The Morgan fingerprint density at radius 1 is 1.14 bits per heavy atom. The Morgan fingerprint density at radius 3 is 2.61 bits per heavy atom. The molecule has 0 aliphatic heterocycles. The van der Waals surface area contributed by atoms with Crippen molar-refractivity contribution in [2.75, 3.05) is 11.9 Å². The number of anilines is 1. The van der Waals surface area contributed by atoms with Crippen molar-refractivity contribution in [3.8, 4) is 11.8 Å². The highest BCUT2D eigenvalue weighted by Crippen LogP contribution is 2.21. The molecule has 3 aromatic rings. The van der Waals surface area contributed by atoms with Gasteiger partial charge in [-0.15, -0.1) is 11.3 Å². The second kappa shape index (κ2) is 9.09. The van der Waals surface area contributed by atoms with E-state index >= 15 is 0 Å². The number of carbonyl (C=O) groups excluding carboxylic acids is 2. The van der Waals surface area contributed by atoms with E-state index in [1.807, 2.05) is 31.4 Å². The van der Waals surface area contributed by atoms with Gasteiger partial charge in [0.25, 0.3) is 0 Å². The highest BCUT2D eigenvalue weighted by Gasteiger charge is 2.15. The van der Waals surface area contributed by atoms with Gasteiger partial charge in [0, 0.05) is 34.9 Å². The van der Waals surface area contributed by atoms with E-state index in [0.29, 0.717) is 18.0 Å². The summed E-state index contributed by atoms with van der Waals surface area (Å²) in [5.41, 5.74) is 1.29. The van der Waals surface area contributed by atoms with Crippen LogP contribution >= 0.6 is 11.3 Å². The first-order valence-electron chi connectivity index (χ1n) is 8.71. The largest absolute Gasteiger partial charge is 0.424 e. The standard InChI is InChI=1S/C20H20N4O3S/c1-13(17-4-3-11-28-17)12-22-18(25)19(26)24-15-5-7-16(8-6-15)27-20-21-10-9-14(2)23-20/h3-11,13H,12H2,1-2H3,(H,22,25)(H,24,26)/t13-/m0/s1. The Bertz CT molecular complexity index is 942. The van der Waals surface area contributed by atoms with Gasteiger partial charge >= 0.3 is 17.8 Å². The van der Waals surface area contributed by atoms with Gasteiger partial charge in [0.1, 0.15) is 5.75 Å². The number of ether oxygens (including phenoxy) is 1. The summed E-state index contributed by atoms with van der Waals surface area (Å²) >= 11 is 1.62. The van der Waals surface area contributed by atoms with Gasteiger partial charge in [0.15, 0.2) is 0 Å². The van der Waals surface area contributed by atoms with Gasteiger partial charge in [-0.2, -0.15) is 0 Å². The SMILES string of the molecule is Cc1ccnc(Oc2ccc(NC(=O)C(=O)NC[C@H](C)c3cccs3)cc2)n1. The van der Waals surface area contributed by atoms with Gasteiger partial charge in [-0.1, -0.05) is 13.0 Å². The summed E-state index contributed by atoms with van der Waals surface area (Å²) in [6.45, 7) is 4.25. The van der Waals surface area contributed by atoms with Crippen molar-refractivity contribution in [2.24, 2.45) is 0 Å². The summed E-state index contributed by atoms with van der Waals surface area (Å²) < 4.78 is 5.55. The molecular weight excluding hydrogens is 376 g/mol. The van der Waals surface area contributed by atoms with Crippen molar-refractivity contribution < 1.29 is 14.3 Å². The van der Waals surface area contributed by atoms with Crippen LogP contribution in [-0.2, 0) is 9.59 Å². The highest BCUT2D eigenvalue weighted by atomic mass is 32.1. The number of rotatable bonds is 6. The van der Waals surface area contributed by atoms with Crippen molar-refractivity contribution in [3.63, 3.8) is 0 Å². The number of nitrogens with one attached hydrogen (secondary N) is 2. The maximum atomic E-state index is 12.1. The average Bonchev–Trinajstić information content (AvgIpc) is 3.22. The third-order valence-corrected chi connectivity index (χ3v) is 5.00. The second-order valence-electron chi connectivity index (χ2n) is 6.19. The van der Waals surface area contributed by atoms with Crippen LogP contribution in [0.3, 0.4) is 0 Å². The minimum atomic E-state index is -0.714. The van der Waals surface area contributed by atoms with Crippen LogP contribution in [0.1, 0.15) is 23.4 Å². The Balaban J connectivity index is 1.50. The van der Waals surface area contributed by atoms with Crippen molar-refractivity contribution in [3.05, 3.63) is 64.6 Å². The molecule has 2 heterocycles. The topological polar surface area (TPSA) is 93.2 Å². The zero-order valence-corrected chi connectivity index (χ0v) is 16.3. The number of carbonyl (C=O) groups is 2. The molecule has 0 spiro atoms. The lowest BCUT2D eigenvalue weighted by Gasteiger charge is -2.11. The van der Waals surface area contributed by atoms with Crippen molar-refractivity contribution >= 4 is 28.8 Å². The Kier molecular flexibility index (Phi) is 6.33. The molecule has 0 bridgehead atoms. The Hall–Kier alpha value is -3.26. The molecule has 144 valence electrons. The summed E-state index contributed by atoms with van der Waals surface area (Å²) in [5.74, 6) is -0.708. The molecule has 0 aliphatic carbocycles. The number of amides is 2. The van der Waals surface area contributed by atoms with E-state index in [4.69, 9.17) is 4.74 Å². The van der Waals surface area contributed by atoms with E-state index in [1.165, 1.54) is 0 Å². The van der Waals surface area contributed by atoms with Crippen molar-refractivity contribution in [1.82, 2.24) is 15.3 Å². The number of hydrogen-bond donors (Lipinski definition) is 2. The summed E-state index contributed by atoms with van der Waals surface area (Å²) in [6.07, 6.45) is 1.62. The quantitative estimate of drug-likeness (QED) is 0.622. The fraction of sp³-hybridized carbons (Fsp3) is 0.200. The lowest BCUT2D eigenvalue weighted by molar-refractivity contribution is -0.136. The van der Waals surface area contributed by atoms with E-state index in [0.717, 1.165) is 10.6 Å². The first-order valence-corrected chi connectivity index (χ1v) is 9.59. The van der Waals surface area contributed by atoms with Crippen LogP contribution in [0, 0.1) is 6.92 Å².